The Balaban J connectivity index is 1.94. The van der Waals surface area contributed by atoms with Crippen molar-refractivity contribution in [2.24, 2.45) is 0 Å². The zero-order chi connectivity index (χ0) is 16.9. The molecule has 1 N–H and O–H groups in total. The van der Waals surface area contributed by atoms with E-state index in [1.807, 2.05) is 28.8 Å². The predicted octanol–water partition coefficient (Wildman–Crippen LogP) is 3.38. The van der Waals surface area contributed by atoms with E-state index in [-0.39, 0.29) is 11.7 Å². The van der Waals surface area contributed by atoms with Gasteiger partial charge in [-0.25, -0.2) is 9.37 Å². The number of fused-ring (bicyclic) bond motifs is 1. The van der Waals surface area contributed by atoms with Crippen molar-refractivity contribution in [3.63, 3.8) is 0 Å². The van der Waals surface area contributed by atoms with Crippen molar-refractivity contribution in [2.75, 3.05) is 6.54 Å². The average molecular weight is 323 g/mol. The van der Waals surface area contributed by atoms with Crippen LogP contribution in [0.25, 0.3) is 16.9 Å². The number of carbonyl (C=O) groups is 1. The lowest BCUT2D eigenvalue weighted by Crippen LogP contribution is -2.23. The van der Waals surface area contributed by atoms with Gasteiger partial charge in [0.05, 0.1) is 11.4 Å². The van der Waals surface area contributed by atoms with Gasteiger partial charge in [0.2, 0.25) is 5.91 Å². The zero-order valence-electron chi connectivity index (χ0n) is 13.2. The van der Waals surface area contributed by atoms with Crippen LogP contribution in [0.5, 0.6) is 0 Å². The molecule has 0 saturated carbocycles. The summed E-state index contributed by atoms with van der Waals surface area (Å²) in [6, 6.07) is 12.0. The highest BCUT2D eigenvalue weighted by Gasteiger charge is 2.15. The second-order valence-corrected chi connectivity index (χ2v) is 5.44. The molecule has 122 valence electrons. The van der Waals surface area contributed by atoms with Gasteiger partial charge >= 0.3 is 0 Å². The van der Waals surface area contributed by atoms with Crippen molar-refractivity contribution in [3.8, 4) is 11.3 Å². The number of pyridine rings is 1. The number of imidazole rings is 1. The first-order chi connectivity index (χ1) is 11.7. The van der Waals surface area contributed by atoms with Crippen molar-refractivity contribution >= 4 is 11.6 Å². The molecule has 1 aromatic carbocycles. The van der Waals surface area contributed by atoms with E-state index in [9.17, 15) is 9.18 Å². The fraction of sp³-hybridized carbons (Fsp3) is 0.158. The summed E-state index contributed by atoms with van der Waals surface area (Å²) >= 11 is 0. The summed E-state index contributed by atoms with van der Waals surface area (Å²) < 4.78 is 15.2. The number of rotatable bonds is 6. The summed E-state index contributed by atoms with van der Waals surface area (Å²) in [6.45, 7) is 4.04. The smallest absolute Gasteiger partial charge is 0.220 e. The topological polar surface area (TPSA) is 46.4 Å². The van der Waals surface area contributed by atoms with Crippen LogP contribution in [-0.4, -0.2) is 21.8 Å². The van der Waals surface area contributed by atoms with Gasteiger partial charge in [0.25, 0.3) is 0 Å². The van der Waals surface area contributed by atoms with Crippen LogP contribution >= 0.6 is 0 Å². The van der Waals surface area contributed by atoms with Crippen LogP contribution in [0.2, 0.25) is 0 Å². The Morgan fingerprint density at radius 3 is 2.79 bits per heavy atom. The molecule has 0 spiro atoms. The van der Waals surface area contributed by atoms with Crippen molar-refractivity contribution in [1.82, 2.24) is 14.7 Å². The Morgan fingerprint density at radius 1 is 1.25 bits per heavy atom. The number of benzene rings is 1. The largest absolute Gasteiger partial charge is 0.353 e. The third-order valence-corrected chi connectivity index (χ3v) is 3.78. The normalized spacial score (nSPS) is 10.7. The van der Waals surface area contributed by atoms with Gasteiger partial charge in [-0.3, -0.25) is 4.79 Å². The maximum Gasteiger partial charge on any atom is 0.220 e. The van der Waals surface area contributed by atoms with Crippen molar-refractivity contribution in [2.45, 2.75) is 12.8 Å². The van der Waals surface area contributed by atoms with Gasteiger partial charge in [0, 0.05) is 24.7 Å². The molecule has 24 heavy (non-hydrogen) atoms. The number of hydrogen-bond acceptors (Lipinski definition) is 2. The lowest BCUT2D eigenvalue weighted by atomic mass is 10.1. The fourth-order valence-corrected chi connectivity index (χ4v) is 2.63. The van der Waals surface area contributed by atoms with E-state index in [1.54, 1.807) is 18.2 Å². The summed E-state index contributed by atoms with van der Waals surface area (Å²) in [4.78, 5) is 16.5. The van der Waals surface area contributed by atoms with E-state index in [1.165, 1.54) is 12.1 Å². The van der Waals surface area contributed by atoms with Crippen molar-refractivity contribution in [3.05, 3.63) is 72.8 Å². The Kier molecular flexibility index (Phi) is 4.70. The maximum absolute atomic E-state index is 13.2. The van der Waals surface area contributed by atoms with Crippen LogP contribution in [0.3, 0.4) is 0 Å². The number of halogens is 1. The molecule has 0 atom stereocenters. The molecule has 0 fully saturated rings. The highest BCUT2D eigenvalue weighted by molar-refractivity contribution is 5.77. The fourth-order valence-electron chi connectivity index (χ4n) is 2.63. The monoisotopic (exact) mass is 323 g/mol. The lowest BCUT2D eigenvalue weighted by molar-refractivity contribution is -0.120. The third kappa shape index (κ3) is 3.35. The van der Waals surface area contributed by atoms with Crippen LogP contribution in [0.4, 0.5) is 4.39 Å². The van der Waals surface area contributed by atoms with Gasteiger partial charge in [-0.1, -0.05) is 12.1 Å². The molecular formula is C19H18FN3O. The highest BCUT2D eigenvalue weighted by Crippen LogP contribution is 2.25. The average Bonchev–Trinajstić information content (AvgIpc) is 2.97. The molecule has 2 heterocycles. The molecule has 0 radical (unpaired) electrons. The number of hydrogen-bond donors (Lipinski definition) is 1. The van der Waals surface area contributed by atoms with E-state index >= 15 is 0 Å². The minimum absolute atomic E-state index is 0.0363. The van der Waals surface area contributed by atoms with Crippen LogP contribution in [-0.2, 0) is 11.2 Å². The Bertz CT molecular complexity index is 868. The van der Waals surface area contributed by atoms with Crippen LogP contribution in [0.15, 0.2) is 61.3 Å². The molecule has 1 amide bonds. The summed E-state index contributed by atoms with van der Waals surface area (Å²) in [5, 5.41) is 2.77. The molecule has 0 bridgehead atoms. The quantitative estimate of drug-likeness (QED) is 0.707. The number of aromatic nitrogens is 2. The number of amides is 1. The Hall–Kier alpha value is -2.95. The van der Waals surface area contributed by atoms with E-state index in [4.69, 9.17) is 0 Å². The molecule has 3 rings (SSSR count). The highest BCUT2D eigenvalue weighted by atomic mass is 19.1. The van der Waals surface area contributed by atoms with Gasteiger partial charge in [-0.2, -0.15) is 0 Å². The van der Waals surface area contributed by atoms with Crippen LogP contribution in [0.1, 0.15) is 12.1 Å². The lowest BCUT2D eigenvalue weighted by Gasteiger charge is -2.06. The van der Waals surface area contributed by atoms with Crippen molar-refractivity contribution in [1.29, 1.82) is 0 Å². The molecule has 0 aliphatic carbocycles. The molecule has 5 heteroatoms. The number of nitrogens with zero attached hydrogens (tertiary/aromatic N) is 2. The van der Waals surface area contributed by atoms with Gasteiger partial charge in [0.15, 0.2) is 0 Å². The van der Waals surface area contributed by atoms with Gasteiger partial charge in [-0.15, -0.1) is 6.58 Å². The van der Waals surface area contributed by atoms with E-state index in [2.05, 4.69) is 16.9 Å². The molecule has 4 nitrogen and oxygen atoms in total. The summed E-state index contributed by atoms with van der Waals surface area (Å²) in [5.41, 5.74) is 3.35. The summed E-state index contributed by atoms with van der Waals surface area (Å²) in [6.07, 6.45) is 4.47. The van der Waals surface area contributed by atoms with Crippen LogP contribution in [0, 0.1) is 5.82 Å². The van der Waals surface area contributed by atoms with Gasteiger partial charge in [-0.05, 0) is 42.8 Å². The molecule has 3 aromatic rings. The maximum atomic E-state index is 13.2. The molecule has 0 aliphatic rings. The first-order valence-corrected chi connectivity index (χ1v) is 7.78. The standard InChI is InChI=1S/C19H18FN3O/c1-2-12-21-18(24)11-10-16-19(14-6-8-15(20)9-7-14)22-17-5-3-4-13-23(16)17/h2-9,13H,1,10-12H2,(H,21,24). The van der Waals surface area contributed by atoms with Crippen molar-refractivity contribution < 1.29 is 9.18 Å². The molecule has 0 saturated heterocycles. The van der Waals surface area contributed by atoms with Gasteiger partial charge in [0.1, 0.15) is 11.5 Å². The zero-order valence-corrected chi connectivity index (χ0v) is 13.2. The Morgan fingerprint density at radius 2 is 2.04 bits per heavy atom. The SMILES string of the molecule is C=CCNC(=O)CCc1c(-c2ccc(F)cc2)nc2ccccn12. The summed E-state index contributed by atoms with van der Waals surface area (Å²) in [5.74, 6) is -0.321. The van der Waals surface area contributed by atoms with Crippen LogP contribution < -0.4 is 5.32 Å². The minimum Gasteiger partial charge on any atom is -0.353 e. The van der Waals surface area contributed by atoms with E-state index in [0.29, 0.717) is 19.4 Å². The third-order valence-electron chi connectivity index (χ3n) is 3.78. The second kappa shape index (κ2) is 7.08. The molecule has 2 aromatic heterocycles. The minimum atomic E-state index is -0.284. The predicted molar refractivity (Wildman–Crippen MR) is 92.1 cm³/mol. The molecular weight excluding hydrogens is 305 g/mol. The van der Waals surface area contributed by atoms with E-state index < -0.39 is 0 Å². The summed E-state index contributed by atoms with van der Waals surface area (Å²) in [7, 11) is 0. The first-order valence-electron chi connectivity index (χ1n) is 7.78. The molecule has 0 aliphatic heterocycles. The van der Waals surface area contributed by atoms with Gasteiger partial charge < -0.3 is 9.72 Å². The Labute approximate surface area is 139 Å². The van der Waals surface area contributed by atoms with E-state index in [0.717, 1.165) is 22.6 Å². The first kappa shape index (κ1) is 15.9. The number of carbonyl (C=O) groups excluding carboxylic acids is 1. The number of aryl methyl sites for hydroxylation is 1. The molecule has 0 unspecified atom stereocenters. The second-order valence-electron chi connectivity index (χ2n) is 5.44. The number of nitrogens with one attached hydrogen (secondary N) is 1.